The van der Waals surface area contributed by atoms with Crippen LogP contribution in [-0.2, 0) is 20.0 Å². The van der Waals surface area contributed by atoms with Gasteiger partial charge in [0.05, 0.1) is 22.8 Å². The molecule has 2 heterocycles. The molecule has 0 saturated carbocycles. The van der Waals surface area contributed by atoms with E-state index in [0.717, 1.165) is 22.3 Å². The Kier molecular flexibility index (Phi) is 6.26. The number of rotatable bonds is 6. The minimum Gasteiger partial charge on any atom is -0.396 e. The molecule has 6 nitrogen and oxygen atoms in total. The molecule has 0 bridgehead atoms. The summed E-state index contributed by atoms with van der Waals surface area (Å²) in [5.41, 5.74) is 4.17. The molecule has 0 spiro atoms. The van der Waals surface area contributed by atoms with Crippen molar-refractivity contribution in [2.45, 2.75) is 26.3 Å². The van der Waals surface area contributed by atoms with Crippen LogP contribution in [0.1, 0.15) is 23.1 Å². The van der Waals surface area contributed by atoms with Gasteiger partial charge in [-0.1, -0.05) is 53.6 Å². The number of aliphatic hydroxyl groups is 1. The molecule has 0 aliphatic rings. The SMILES string of the molecule is Cc1ccc(-c2ncc3c(c2Cc2ccc(Cl)cc2)c(=O)n(CCCO)c(=O)n3C)cc1. The quantitative estimate of drug-likeness (QED) is 0.487. The van der Waals surface area contributed by atoms with Crippen LogP contribution < -0.4 is 11.2 Å². The molecule has 0 radical (unpaired) electrons. The van der Waals surface area contributed by atoms with Crippen molar-refractivity contribution < 1.29 is 5.11 Å². The van der Waals surface area contributed by atoms with Crippen LogP contribution in [0.2, 0.25) is 5.02 Å². The Morgan fingerprint density at radius 2 is 1.72 bits per heavy atom. The van der Waals surface area contributed by atoms with Gasteiger partial charge in [-0.2, -0.15) is 0 Å². The van der Waals surface area contributed by atoms with E-state index in [2.05, 4.69) is 4.98 Å². The maximum Gasteiger partial charge on any atom is 0.331 e. The molecule has 0 atom stereocenters. The number of hydrogen-bond acceptors (Lipinski definition) is 4. The van der Waals surface area contributed by atoms with Gasteiger partial charge in [-0.15, -0.1) is 0 Å². The van der Waals surface area contributed by atoms with E-state index in [1.807, 2.05) is 55.5 Å². The Bertz CT molecular complexity index is 1390. The van der Waals surface area contributed by atoms with Gasteiger partial charge in [-0.3, -0.25) is 18.9 Å². The number of nitrogens with zero attached hydrogens (tertiary/aromatic N) is 3. The summed E-state index contributed by atoms with van der Waals surface area (Å²) in [6, 6.07) is 15.5. The van der Waals surface area contributed by atoms with Crippen LogP contribution in [0.4, 0.5) is 0 Å². The summed E-state index contributed by atoms with van der Waals surface area (Å²) in [7, 11) is 1.64. The summed E-state index contributed by atoms with van der Waals surface area (Å²) in [5.74, 6) is 0. The van der Waals surface area contributed by atoms with Crippen molar-refractivity contribution in [2.75, 3.05) is 6.61 Å². The molecule has 1 N–H and O–H groups in total. The van der Waals surface area contributed by atoms with Crippen molar-refractivity contribution >= 4 is 22.5 Å². The van der Waals surface area contributed by atoms with Crippen LogP contribution in [0.5, 0.6) is 0 Å². The average molecular weight is 450 g/mol. The maximum atomic E-state index is 13.5. The average Bonchev–Trinajstić information content (AvgIpc) is 2.79. The number of aromatic nitrogens is 3. The van der Waals surface area contributed by atoms with E-state index in [4.69, 9.17) is 11.6 Å². The molecule has 32 heavy (non-hydrogen) atoms. The zero-order valence-electron chi connectivity index (χ0n) is 18.0. The first-order valence-corrected chi connectivity index (χ1v) is 10.8. The zero-order chi connectivity index (χ0) is 22.8. The highest BCUT2D eigenvalue weighted by Crippen LogP contribution is 2.29. The van der Waals surface area contributed by atoms with E-state index in [9.17, 15) is 14.7 Å². The van der Waals surface area contributed by atoms with Gasteiger partial charge in [0.2, 0.25) is 0 Å². The topological polar surface area (TPSA) is 77.1 Å². The van der Waals surface area contributed by atoms with Crippen molar-refractivity contribution in [2.24, 2.45) is 7.05 Å². The van der Waals surface area contributed by atoms with E-state index in [0.29, 0.717) is 34.5 Å². The molecule has 0 aliphatic heterocycles. The molecule has 0 aliphatic carbocycles. The van der Waals surface area contributed by atoms with E-state index >= 15 is 0 Å². The highest BCUT2D eigenvalue weighted by molar-refractivity contribution is 6.30. The lowest BCUT2D eigenvalue weighted by Gasteiger charge is -2.16. The number of benzene rings is 2. The number of pyridine rings is 1. The normalized spacial score (nSPS) is 11.2. The van der Waals surface area contributed by atoms with Gasteiger partial charge in [-0.05, 0) is 36.6 Å². The summed E-state index contributed by atoms with van der Waals surface area (Å²) in [6.45, 7) is 2.07. The molecule has 0 fully saturated rings. The lowest BCUT2D eigenvalue weighted by Crippen LogP contribution is -2.39. The molecular weight excluding hydrogens is 426 g/mol. The molecule has 4 rings (SSSR count). The Balaban J connectivity index is 2.04. The first-order valence-electron chi connectivity index (χ1n) is 10.4. The van der Waals surface area contributed by atoms with Crippen LogP contribution in [0, 0.1) is 6.92 Å². The Labute approximate surface area is 190 Å². The van der Waals surface area contributed by atoms with Crippen molar-refractivity contribution in [3.05, 3.63) is 97.3 Å². The predicted molar refractivity (Wildman–Crippen MR) is 127 cm³/mol. The lowest BCUT2D eigenvalue weighted by atomic mass is 9.96. The molecular formula is C25H24ClN3O3. The summed E-state index contributed by atoms with van der Waals surface area (Å²) < 4.78 is 2.65. The summed E-state index contributed by atoms with van der Waals surface area (Å²) in [6.07, 6.45) is 2.37. The number of fused-ring (bicyclic) bond motifs is 1. The van der Waals surface area contributed by atoms with Crippen molar-refractivity contribution in [3.63, 3.8) is 0 Å². The molecule has 0 unspecified atom stereocenters. The summed E-state index contributed by atoms with van der Waals surface area (Å²) in [4.78, 5) is 31.0. The van der Waals surface area contributed by atoms with Gasteiger partial charge in [0.1, 0.15) is 0 Å². The lowest BCUT2D eigenvalue weighted by molar-refractivity contribution is 0.277. The smallest absolute Gasteiger partial charge is 0.331 e. The molecule has 0 amide bonds. The van der Waals surface area contributed by atoms with Crippen LogP contribution in [0.25, 0.3) is 22.2 Å². The maximum absolute atomic E-state index is 13.5. The highest BCUT2D eigenvalue weighted by atomic mass is 35.5. The van der Waals surface area contributed by atoms with Gasteiger partial charge in [0.25, 0.3) is 5.56 Å². The fraction of sp³-hybridized carbons (Fsp3) is 0.240. The first-order chi connectivity index (χ1) is 15.4. The molecule has 2 aromatic carbocycles. The minimum atomic E-state index is -0.418. The minimum absolute atomic E-state index is 0.101. The predicted octanol–water partition coefficient (Wildman–Crippen LogP) is 3.70. The fourth-order valence-electron chi connectivity index (χ4n) is 3.90. The zero-order valence-corrected chi connectivity index (χ0v) is 18.8. The van der Waals surface area contributed by atoms with Crippen LogP contribution >= 0.6 is 11.6 Å². The monoisotopic (exact) mass is 449 g/mol. The standard InChI is InChI=1S/C25H24ClN3O3/c1-16-4-8-18(9-5-16)23-20(14-17-6-10-19(26)11-7-17)22-21(15-27-23)28(2)25(32)29(24(22)31)12-3-13-30/h4-11,15,30H,3,12-14H2,1-2H3. The third kappa shape index (κ3) is 4.11. The van der Waals surface area contributed by atoms with E-state index < -0.39 is 5.69 Å². The van der Waals surface area contributed by atoms with Gasteiger partial charge in [0, 0.05) is 37.2 Å². The van der Waals surface area contributed by atoms with E-state index in [1.54, 1.807) is 13.2 Å². The van der Waals surface area contributed by atoms with Crippen LogP contribution in [0.3, 0.4) is 0 Å². The third-order valence-corrected chi connectivity index (χ3v) is 5.91. The highest BCUT2D eigenvalue weighted by Gasteiger charge is 2.19. The third-order valence-electron chi connectivity index (χ3n) is 5.66. The largest absolute Gasteiger partial charge is 0.396 e. The molecule has 7 heteroatoms. The van der Waals surface area contributed by atoms with Gasteiger partial charge < -0.3 is 5.11 Å². The van der Waals surface area contributed by atoms with E-state index in [-0.39, 0.29) is 18.7 Å². The van der Waals surface area contributed by atoms with Crippen molar-refractivity contribution in [1.29, 1.82) is 0 Å². The Morgan fingerprint density at radius 3 is 2.38 bits per heavy atom. The van der Waals surface area contributed by atoms with Crippen molar-refractivity contribution in [3.8, 4) is 11.3 Å². The van der Waals surface area contributed by atoms with Crippen molar-refractivity contribution in [1.82, 2.24) is 14.1 Å². The number of aryl methyl sites for hydroxylation is 2. The van der Waals surface area contributed by atoms with Crippen LogP contribution in [-0.4, -0.2) is 25.8 Å². The molecule has 2 aromatic heterocycles. The Morgan fingerprint density at radius 1 is 1.03 bits per heavy atom. The van der Waals surface area contributed by atoms with E-state index in [1.165, 1.54) is 9.13 Å². The first kappa shape index (κ1) is 22.0. The van der Waals surface area contributed by atoms with Crippen LogP contribution in [0.15, 0.2) is 64.3 Å². The number of hydrogen-bond donors (Lipinski definition) is 1. The molecule has 0 saturated heterocycles. The van der Waals surface area contributed by atoms with Gasteiger partial charge >= 0.3 is 5.69 Å². The summed E-state index contributed by atoms with van der Waals surface area (Å²) in [5, 5.41) is 10.3. The van der Waals surface area contributed by atoms with Gasteiger partial charge in [-0.25, -0.2) is 4.79 Å². The summed E-state index contributed by atoms with van der Waals surface area (Å²) >= 11 is 6.06. The van der Waals surface area contributed by atoms with Gasteiger partial charge in [0.15, 0.2) is 0 Å². The number of aliphatic hydroxyl groups excluding tert-OH is 1. The second-order valence-corrected chi connectivity index (χ2v) is 8.33. The Hall–Kier alpha value is -3.22. The second-order valence-electron chi connectivity index (χ2n) is 7.89. The fourth-order valence-corrected chi connectivity index (χ4v) is 4.03. The second kappa shape index (κ2) is 9.10. The molecule has 4 aromatic rings. The molecule has 164 valence electrons. The number of halogens is 1.